The molecule has 0 spiro atoms. The van der Waals surface area contributed by atoms with E-state index in [2.05, 4.69) is 78.0 Å². The third-order valence-electron chi connectivity index (χ3n) is 2.77. The van der Waals surface area contributed by atoms with Crippen molar-refractivity contribution in [3.05, 3.63) is 47.6 Å². The minimum absolute atomic E-state index is 0.218. The van der Waals surface area contributed by atoms with Crippen molar-refractivity contribution in [2.75, 3.05) is 0 Å². The molecule has 17 heavy (non-hydrogen) atoms. The molecule has 1 rings (SSSR count). The van der Waals surface area contributed by atoms with Gasteiger partial charge in [0.15, 0.2) is 0 Å². The Bertz CT molecular complexity index is 373. The lowest BCUT2D eigenvalue weighted by molar-refractivity contribution is 0.413. The molecule has 0 aliphatic heterocycles. The highest BCUT2D eigenvalue weighted by molar-refractivity contribution is 5.37. The SMILES string of the molecule is CC(C)(C)CC1=CC=CC(C(C)(C)C)=CC=C1. The lowest BCUT2D eigenvalue weighted by Crippen LogP contribution is -2.08. The largest absolute Gasteiger partial charge is 0.0617 e. The molecule has 1 aliphatic carbocycles. The van der Waals surface area contributed by atoms with Crippen LogP contribution in [0.1, 0.15) is 48.0 Å². The molecule has 0 amide bonds. The summed E-state index contributed by atoms with van der Waals surface area (Å²) in [5, 5.41) is 0. The Morgan fingerprint density at radius 1 is 0.824 bits per heavy atom. The summed E-state index contributed by atoms with van der Waals surface area (Å²) in [5.41, 5.74) is 3.34. The van der Waals surface area contributed by atoms with Gasteiger partial charge >= 0.3 is 0 Å². The van der Waals surface area contributed by atoms with Gasteiger partial charge in [0, 0.05) is 0 Å². The molecule has 0 bridgehead atoms. The average Bonchev–Trinajstić information content (AvgIpc) is 2.04. The smallest absolute Gasteiger partial charge is 0.0132 e. The van der Waals surface area contributed by atoms with Crippen LogP contribution in [0.15, 0.2) is 47.6 Å². The van der Waals surface area contributed by atoms with Crippen molar-refractivity contribution in [1.29, 1.82) is 0 Å². The van der Waals surface area contributed by atoms with E-state index in [4.69, 9.17) is 0 Å². The van der Waals surface area contributed by atoms with E-state index in [1.54, 1.807) is 0 Å². The van der Waals surface area contributed by atoms with Crippen LogP contribution in [-0.2, 0) is 0 Å². The van der Waals surface area contributed by atoms with E-state index >= 15 is 0 Å². The van der Waals surface area contributed by atoms with Crippen LogP contribution < -0.4 is 0 Å². The molecule has 0 saturated heterocycles. The molecular weight excluding hydrogens is 204 g/mol. The van der Waals surface area contributed by atoms with Crippen LogP contribution in [0.3, 0.4) is 0 Å². The number of hydrogen-bond acceptors (Lipinski definition) is 0. The predicted octanol–water partition coefficient (Wildman–Crippen LogP) is 5.45. The topological polar surface area (TPSA) is 0 Å². The zero-order chi connectivity index (χ0) is 13.1. The summed E-state index contributed by atoms with van der Waals surface area (Å²) in [4.78, 5) is 0. The lowest BCUT2D eigenvalue weighted by Gasteiger charge is -2.21. The first-order valence-corrected chi connectivity index (χ1v) is 6.45. The highest BCUT2D eigenvalue weighted by Crippen LogP contribution is 2.29. The number of hydrogen-bond donors (Lipinski definition) is 0. The normalized spacial score (nSPS) is 17.3. The summed E-state index contributed by atoms with van der Waals surface area (Å²) in [6.07, 6.45) is 14.4. The van der Waals surface area contributed by atoms with E-state index in [0.717, 1.165) is 6.42 Å². The molecule has 0 aromatic heterocycles. The molecule has 0 aromatic carbocycles. The summed E-state index contributed by atoms with van der Waals surface area (Å²) in [5.74, 6) is 0. The van der Waals surface area contributed by atoms with Gasteiger partial charge in [-0.1, -0.05) is 78.0 Å². The molecular formula is C17H26. The third kappa shape index (κ3) is 5.21. The summed E-state index contributed by atoms with van der Waals surface area (Å²) in [7, 11) is 0. The Kier molecular flexibility index (Phi) is 4.19. The summed E-state index contributed by atoms with van der Waals surface area (Å²) >= 11 is 0. The monoisotopic (exact) mass is 230 g/mol. The van der Waals surface area contributed by atoms with E-state index < -0.39 is 0 Å². The molecule has 0 N–H and O–H groups in total. The second kappa shape index (κ2) is 5.08. The minimum atomic E-state index is 0.218. The van der Waals surface area contributed by atoms with Crippen molar-refractivity contribution in [3.8, 4) is 0 Å². The Balaban J connectivity index is 2.83. The molecule has 0 heteroatoms. The van der Waals surface area contributed by atoms with E-state index in [1.807, 2.05) is 0 Å². The zero-order valence-corrected chi connectivity index (χ0v) is 12.2. The zero-order valence-electron chi connectivity index (χ0n) is 12.2. The molecule has 0 saturated carbocycles. The van der Waals surface area contributed by atoms with Crippen LogP contribution in [0.5, 0.6) is 0 Å². The highest BCUT2D eigenvalue weighted by Gasteiger charge is 2.15. The highest BCUT2D eigenvalue weighted by atomic mass is 14.2. The van der Waals surface area contributed by atoms with Gasteiger partial charge in [-0.2, -0.15) is 0 Å². The molecule has 0 heterocycles. The van der Waals surface area contributed by atoms with Gasteiger partial charge < -0.3 is 0 Å². The maximum Gasteiger partial charge on any atom is -0.0132 e. The van der Waals surface area contributed by atoms with E-state index in [1.165, 1.54) is 11.1 Å². The molecule has 0 nitrogen and oxygen atoms in total. The number of rotatable bonds is 1. The van der Waals surface area contributed by atoms with Gasteiger partial charge in [0.05, 0.1) is 0 Å². The predicted molar refractivity (Wildman–Crippen MR) is 78.0 cm³/mol. The van der Waals surface area contributed by atoms with Crippen LogP contribution in [-0.4, -0.2) is 0 Å². The number of allylic oxidation sites excluding steroid dienone is 8. The standard InChI is InChI=1S/C17H26/c1-16(2,3)13-14-9-7-11-15(12-8-10-14)17(4,5)6/h7-12H,13H2,1-6H3. The molecule has 0 atom stereocenters. The van der Waals surface area contributed by atoms with E-state index in [9.17, 15) is 0 Å². The van der Waals surface area contributed by atoms with E-state index in [0.29, 0.717) is 5.41 Å². The first kappa shape index (κ1) is 14.0. The van der Waals surface area contributed by atoms with Crippen molar-refractivity contribution in [3.63, 3.8) is 0 Å². The first-order valence-electron chi connectivity index (χ1n) is 6.45. The van der Waals surface area contributed by atoms with Gasteiger partial charge in [-0.25, -0.2) is 0 Å². The fourth-order valence-electron chi connectivity index (χ4n) is 1.89. The van der Waals surface area contributed by atoms with Gasteiger partial charge in [-0.15, -0.1) is 0 Å². The third-order valence-corrected chi connectivity index (χ3v) is 2.77. The second-order valence-electron chi connectivity index (χ2n) is 7.07. The van der Waals surface area contributed by atoms with Crippen molar-refractivity contribution in [2.24, 2.45) is 10.8 Å². The fraction of sp³-hybridized carbons (Fsp3) is 0.529. The average molecular weight is 230 g/mol. The molecule has 0 radical (unpaired) electrons. The van der Waals surface area contributed by atoms with Crippen LogP contribution in [0, 0.1) is 10.8 Å². The quantitative estimate of drug-likeness (QED) is 0.562. The molecule has 94 valence electrons. The van der Waals surface area contributed by atoms with Crippen LogP contribution in [0.4, 0.5) is 0 Å². The summed E-state index contributed by atoms with van der Waals surface area (Å²) in [6, 6.07) is 0. The maximum atomic E-state index is 2.28. The Morgan fingerprint density at radius 2 is 1.41 bits per heavy atom. The van der Waals surface area contributed by atoms with Gasteiger partial charge in [-0.05, 0) is 28.4 Å². The Hall–Kier alpha value is -1.04. The van der Waals surface area contributed by atoms with Crippen molar-refractivity contribution >= 4 is 0 Å². The molecule has 0 fully saturated rings. The lowest BCUT2D eigenvalue weighted by atomic mass is 9.84. The first-order chi connectivity index (χ1) is 7.68. The van der Waals surface area contributed by atoms with Crippen molar-refractivity contribution in [1.82, 2.24) is 0 Å². The fourth-order valence-corrected chi connectivity index (χ4v) is 1.89. The van der Waals surface area contributed by atoms with Crippen molar-refractivity contribution < 1.29 is 0 Å². The van der Waals surface area contributed by atoms with Crippen LogP contribution in [0.2, 0.25) is 0 Å². The summed E-state index contributed by atoms with van der Waals surface area (Å²) in [6.45, 7) is 13.6. The minimum Gasteiger partial charge on any atom is -0.0617 e. The van der Waals surface area contributed by atoms with Gasteiger partial charge in [-0.3, -0.25) is 0 Å². The maximum absolute atomic E-state index is 2.28. The van der Waals surface area contributed by atoms with Gasteiger partial charge in [0.1, 0.15) is 0 Å². The Labute approximate surface area is 107 Å². The van der Waals surface area contributed by atoms with Crippen LogP contribution in [0.25, 0.3) is 0 Å². The molecule has 0 aromatic rings. The van der Waals surface area contributed by atoms with Gasteiger partial charge in [0.25, 0.3) is 0 Å². The Morgan fingerprint density at radius 3 is 1.94 bits per heavy atom. The second-order valence-corrected chi connectivity index (χ2v) is 7.07. The van der Waals surface area contributed by atoms with Gasteiger partial charge in [0.2, 0.25) is 0 Å². The molecule has 1 aliphatic rings. The van der Waals surface area contributed by atoms with Crippen molar-refractivity contribution in [2.45, 2.75) is 48.0 Å². The molecule has 0 unspecified atom stereocenters. The summed E-state index contributed by atoms with van der Waals surface area (Å²) < 4.78 is 0. The van der Waals surface area contributed by atoms with E-state index in [-0.39, 0.29) is 5.41 Å². The van der Waals surface area contributed by atoms with Crippen LogP contribution >= 0.6 is 0 Å².